The molecule has 0 unspecified atom stereocenters. The van der Waals surface area contributed by atoms with Crippen LogP contribution in [0.15, 0.2) is 85.1 Å². The third kappa shape index (κ3) is 3.05. The van der Waals surface area contributed by atoms with E-state index in [1.54, 1.807) is 11.8 Å². The Balaban J connectivity index is 1.65. The van der Waals surface area contributed by atoms with Crippen LogP contribution in [-0.4, -0.2) is 29.3 Å². The van der Waals surface area contributed by atoms with Crippen molar-refractivity contribution in [1.29, 1.82) is 0 Å². The zero-order valence-electron chi connectivity index (χ0n) is 16.7. The molecule has 5 rings (SSSR count). The summed E-state index contributed by atoms with van der Waals surface area (Å²) in [6.45, 7) is 0.667. The number of carbonyl (C=O) groups is 1. The summed E-state index contributed by atoms with van der Waals surface area (Å²) in [5, 5.41) is 4.80. The maximum atomic E-state index is 13.7. The van der Waals surface area contributed by atoms with E-state index in [-0.39, 0.29) is 5.91 Å². The van der Waals surface area contributed by atoms with Gasteiger partial charge in [0.15, 0.2) is 0 Å². The lowest BCUT2D eigenvalue weighted by Gasteiger charge is -2.17. The van der Waals surface area contributed by atoms with Crippen molar-refractivity contribution in [3.63, 3.8) is 0 Å². The molecule has 1 aliphatic rings. The van der Waals surface area contributed by atoms with Crippen LogP contribution in [0.1, 0.15) is 15.9 Å². The highest BCUT2D eigenvalue weighted by molar-refractivity contribution is 6.10. The van der Waals surface area contributed by atoms with Gasteiger partial charge in [-0.2, -0.15) is 5.10 Å². The second-order valence-corrected chi connectivity index (χ2v) is 7.21. The molecule has 0 N–H and O–H groups in total. The number of methoxy groups -OCH3 is 1. The first kappa shape index (κ1) is 18.2. The number of carbonyl (C=O) groups excluding carboxylic acids is 1. The van der Waals surface area contributed by atoms with Gasteiger partial charge in [0.1, 0.15) is 11.4 Å². The standard InChI is InChI=1S/C25H21N3O2/c1-30-23-14-8-6-12-20(23)24-21(17-28(26-24)19-10-3-2-4-11-19)25(29)27-16-15-18-9-5-7-13-22(18)27/h2-14,17H,15-16H2,1H3. The van der Waals surface area contributed by atoms with Crippen molar-refractivity contribution in [2.45, 2.75) is 6.42 Å². The highest BCUT2D eigenvalue weighted by Crippen LogP contribution is 2.35. The van der Waals surface area contributed by atoms with Crippen molar-refractivity contribution in [3.05, 3.63) is 96.2 Å². The number of nitrogens with zero attached hydrogens (tertiary/aromatic N) is 3. The molecule has 3 aromatic carbocycles. The maximum Gasteiger partial charge on any atom is 0.262 e. The summed E-state index contributed by atoms with van der Waals surface area (Å²) >= 11 is 0. The first-order valence-corrected chi connectivity index (χ1v) is 9.94. The van der Waals surface area contributed by atoms with Crippen molar-refractivity contribution in [2.24, 2.45) is 0 Å². The monoisotopic (exact) mass is 395 g/mol. The van der Waals surface area contributed by atoms with Crippen LogP contribution in [0.5, 0.6) is 5.75 Å². The van der Waals surface area contributed by atoms with Gasteiger partial charge in [0.25, 0.3) is 5.91 Å². The zero-order valence-corrected chi connectivity index (χ0v) is 16.7. The highest BCUT2D eigenvalue weighted by atomic mass is 16.5. The average Bonchev–Trinajstić information content (AvgIpc) is 3.44. The summed E-state index contributed by atoms with van der Waals surface area (Å²) in [4.78, 5) is 15.5. The Morgan fingerprint density at radius 1 is 0.933 bits per heavy atom. The number of hydrogen-bond acceptors (Lipinski definition) is 3. The van der Waals surface area contributed by atoms with Crippen LogP contribution < -0.4 is 9.64 Å². The fourth-order valence-electron chi connectivity index (χ4n) is 3.98. The summed E-state index contributed by atoms with van der Waals surface area (Å²) in [6.07, 6.45) is 2.68. The molecule has 30 heavy (non-hydrogen) atoms. The number of fused-ring (bicyclic) bond motifs is 1. The third-order valence-electron chi connectivity index (χ3n) is 5.46. The number of ether oxygens (including phenoxy) is 1. The van der Waals surface area contributed by atoms with Gasteiger partial charge in [-0.25, -0.2) is 4.68 Å². The van der Waals surface area contributed by atoms with E-state index in [9.17, 15) is 4.79 Å². The van der Waals surface area contributed by atoms with Crippen molar-refractivity contribution < 1.29 is 9.53 Å². The average molecular weight is 395 g/mol. The number of benzene rings is 3. The van der Waals surface area contributed by atoms with E-state index in [0.717, 1.165) is 23.4 Å². The van der Waals surface area contributed by atoms with E-state index in [1.807, 2.05) is 83.9 Å². The summed E-state index contributed by atoms with van der Waals surface area (Å²) < 4.78 is 7.32. The van der Waals surface area contributed by atoms with Crippen LogP contribution in [0, 0.1) is 0 Å². The Hall–Kier alpha value is -3.86. The number of rotatable bonds is 4. The van der Waals surface area contributed by atoms with Crippen LogP contribution in [0.25, 0.3) is 16.9 Å². The van der Waals surface area contributed by atoms with Crippen molar-refractivity contribution >= 4 is 11.6 Å². The second-order valence-electron chi connectivity index (χ2n) is 7.21. The first-order chi connectivity index (χ1) is 14.8. The quantitative estimate of drug-likeness (QED) is 0.501. The van der Waals surface area contributed by atoms with Crippen molar-refractivity contribution in [3.8, 4) is 22.7 Å². The molecular formula is C25H21N3O2. The largest absolute Gasteiger partial charge is 0.496 e. The van der Waals surface area contributed by atoms with Gasteiger partial charge in [-0.3, -0.25) is 4.79 Å². The summed E-state index contributed by atoms with van der Waals surface area (Å²) in [7, 11) is 1.63. The van der Waals surface area contributed by atoms with Gasteiger partial charge in [0.2, 0.25) is 0 Å². The minimum absolute atomic E-state index is 0.0527. The van der Waals surface area contributed by atoms with Crippen molar-refractivity contribution in [2.75, 3.05) is 18.6 Å². The molecule has 1 aliphatic heterocycles. The van der Waals surface area contributed by atoms with Gasteiger partial charge in [-0.1, -0.05) is 48.5 Å². The van der Waals surface area contributed by atoms with Gasteiger partial charge < -0.3 is 9.64 Å². The molecule has 2 heterocycles. The zero-order chi connectivity index (χ0) is 20.5. The van der Waals surface area contributed by atoms with Crippen LogP contribution >= 0.6 is 0 Å². The Bertz CT molecular complexity index is 1210. The Morgan fingerprint density at radius 2 is 1.67 bits per heavy atom. The van der Waals surface area contributed by atoms with Crippen LogP contribution in [-0.2, 0) is 6.42 Å². The molecule has 4 aromatic rings. The van der Waals surface area contributed by atoms with Gasteiger partial charge in [0.05, 0.1) is 18.4 Å². The number of amides is 1. The lowest BCUT2D eigenvalue weighted by molar-refractivity contribution is 0.0990. The molecule has 0 radical (unpaired) electrons. The molecule has 1 aromatic heterocycles. The highest BCUT2D eigenvalue weighted by Gasteiger charge is 2.29. The second kappa shape index (κ2) is 7.52. The summed E-state index contributed by atoms with van der Waals surface area (Å²) in [6, 6.07) is 25.5. The molecule has 148 valence electrons. The fraction of sp³-hybridized carbons (Fsp3) is 0.120. The lowest BCUT2D eigenvalue weighted by Crippen LogP contribution is -2.29. The number of anilines is 1. The molecule has 0 saturated heterocycles. The van der Waals surface area contributed by atoms with E-state index in [1.165, 1.54) is 5.56 Å². The molecule has 0 fully saturated rings. The minimum Gasteiger partial charge on any atom is -0.496 e. The fourth-order valence-corrected chi connectivity index (χ4v) is 3.98. The lowest BCUT2D eigenvalue weighted by atomic mass is 10.1. The molecule has 5 nitrogen and oxygen atoms in total. The Morgan fingerprint density at radius 3 is 2.50 bits per heavy atom. The molecule has 5 heteroatoms. The Labute approximate surface area is 175 Å². The molecule has 1 amide bonds. The molecule has 0 bridgehead atoms. The summed E-state index contributed by atoms with van der Waals surface area (Å²) in [5.41, 5.74) is 5.03. The van der Waals surface area contributed by atoms with Crippen LogP contribution in [0.2, 0.25) is 0 Å². The topological polar surface area (TPSA) is 47.4 Å². The maximum absolute atomic E-state index is 13.7. The van der Waals surface area contributed by atoms with E-state index >= 15 is 0 Å². The van der Waals surface area contributed by atoms with Crippen LogP contribution in [0.3, 0.4) is 0 Å². The van der Waals surface area contributed by atoms with Gasteiger partial charge in [-0.05, 0) is 42.3 Å². The molecule has 0 saturated carbocycles. The van der Waals surface area contributed by atoms with Gasteiger partial charge in [-0.15, -0.1) is 0 Å². The van der Waals surface area contributed by atoms with E-state index < -0.39 is 0 Å². The predicted molar refractivity (Wildman–Crippen MR) is 117 cm³/mol. The van der Waals surface area contributed by atoms with Gasteiger partial charge >= 0.3 is 0 Å². The summed E-state index contributed by atoms with van der Waals surface area (Å²) in [5.74, 6) is 0.634. The Kier molecular flexibility index (Phi) is 4.56. The van der Waals surface area contributed by atoms with Crippen molar-refractivity contribution in [1.82, 2.24) is 9.78 Å². The van der Waals surface area contributed by atoms with Gasteiger partial charge in [0, 0.05) is 24.0 Å². The smallest absolute Gasteiger partial charge is 0.262 e. The number of aromatic nitrogens is 2. The predicted octanol–water partition coefficient (Wildman–Crippen LogP) is 4.75. The number of para-hydroxylation sites is 3. The molecular weight excluding hydrogens is 374 g/mol. The van der Waals surface area contributed by atoms with E-state index in [0.29, 0.717) is 23.6 Å². The van der Waals surface area contributed by atoms with Crippen LogP contribution in [0.4, 0.5) is 5.69 Å². The number of hydrogen-bond donors (Lipinski definition) is 0. The molecule has 0 aliphatic carbocycles. The van der Waals surface area contributed by atoms with E-state index in [4.69, 9.17) is 9.84 Å². The molecule has 0 atom stereocenters. The first-order valence-electron chi connectivity index (χ1n) is 9.94. The van der Waals surface area contributed by atoms with E-state index in [2.05, 4.69) is 6.07 Å². The SMILES string of the molecule is COc1ccccc1-c1nn(-c2ccccc2)cc1C(=O)N1CCc2ccccc21. The minimum atomic E-state index is -0.0527. The third-order valence-corrected chi connectivity index (χ3v) is 5.46. The molecule has 0 spiro atoms. The normalized spacial score (nSPS) is 12.6.